The number of rotatable bonds is 6. The summed E-state index contributed by atoms with van der Waals surface area (Å²) in [7, 11) is 0. The van der Waals surface area contributed by atoms with Crippen LogP contribution in [0.5, 0.6) is 0 Å². The first-order chi connectivity index (χ1) is 18.0. The van der Waals surface area contributed by atoms with E-state index in [4.69, 9.17) is 5.73 Å². The zero-order chi connectivity index (χ0) is 25.9. The van der Waals surface area contributed by atoms with Gasteiger partial charge in [-0.15, -0.1) is 0 Å². The molecule has 3 heterocycles. The van der Waals surface area contributed by atoms with Crippen LogP contribution in [-0.4, -0.2) is 20.9 Å². The van der Waals surface area contributed by atoms with Gasteiger partial charge in [0.1, 0.15) is 35.4 Å². The number of nitrogens with zero attached hydrogens (tertiary/aromatic N) is 4. The minimum absolute atomic E-state index is 0.0938. The van der Waals surface area contributed by atoms with Gasteiger partial charge in [0.25, 0.3) is 5.56 Å². The standard InChI is InChI=1S/C29H23FN6O/c1-18-7-9-20(10-8-18)25-22(13-14-33-28-23(15-31)27(32)34-17-35-28)26(19-5-3-2-4-6-19)29(37)36-16-21(30)11-12-24(25)36/h2-12,16-17H,13-14H2,1H3,(H3,32,33,34,35). The van der Waals surface area contributed by atoms with E-state index in [0.717, 1.165) is 27.8 Å². The Morgan fingerprint density at radius 3 is 2.46 bits per heavy atom. The van der Waals surface area contributed by atoms with Gasteiger partial charge in [-0.2, -0.15) is 5.26 Å². The monoisotopic (exact) mass is 490 g/mol. The smallest absolute Gasteiger partial charge is 0.263 e. The largest absolute Gasteiger partial charge is 0.382 e. The number of aromatic nitrogens is 3. The maximum absolute atomic E-state index is 14.3. The van der Waals surface area contributed by atoms with Crippen molar-refractivity contribution in [3.63, 3.8) is 0 Å². The fourth-order valence-corrected chi connectivity index (χ4v) is 4.52. The molecular formula is C29H23FN6O. The van der Waals surface area contributed by atoms with Crippen LogP contribution in [0.3, 0.4) is 0 Å². The van der Waals surface area contributed by atoms with Gasteiger partial charge in [0.2, 0.25) is 0 Å². The van der Waals surface area contributed by atoms with Gasteiger partial charge in [-0.25, -0.2) is 14.4 Å². The highest BCUT2D eigenvalue weighted by atomic mass is 19.1. The fourth-order valence-electron chi connectivity index (χ4n) is 4.52. The second-order valence-electron chi connectivity index (χ2n) is 8.64. The number of nitrogen functional groups attached to an aromatic ring is 1. The second kappa shape index (κ2) is 9.91. The van der Waals surface area contributed by atoms with Crippen molar-refractivity contribution >= 4 is 17.2 Å². The molecule has 37 heavy (non-hydrogen) atoms. The van der Waals surface area contributed by atoms with E-state index in [-0.39, 0.29) is 16.9 Å². The SMILES string of the molecule is Cc1ccc(-c2c(CCNc3ncnc(N)c3C#N)c(-c3ccccc3)c(=O)n3cc(F)ccc23)cc1. The number of fused-ring (bicyclic) bond motifs is 1. The van der Waals surface area contributed by atoms with E-state index in [9.17, 15) is 14.4 Å². The Balaban J connectivity index is 1.73. The third-order valence-corrected chi connectivity index (χ3v) is 6.26. The average Bonchev–Trinajstić information content (AvgIpc) is 2.90. The molecule has 0 spiro atoms. The van der Waals surface area contributed by atoms with Crippen LogP contribution in [-0.2, 0) is 6.42 Å². The van der Waals surface area contributed by atoms with Crippen molar-refractivity contribution in [2.45, 2.75) is 13.3 Å². The van der Waals surface area contributed by atoms with Crippen molar-refractivity contribution in [1.82, 2.24) is 14.4 Å². The summed E-state index contributed by atoms with van der Waals surface area (Å²) in [6.45, 7) is 2.37. The zero-order valence-electron chi connectivity index (χ0n) is 20.1. The average molecular weight is 491 g/mol. The molecule has 3 aromatic heterocycles. The minimum Gasteiger partial charge on any atom is -0.382 e. The van der Waals surface area contributed by atoms with E-state index in [1.54, 1.807) is 6.07 Å². The molecule has 2 aromatic carbocycles. The van der Waals surface area contributed by atoms with E-state index in [1.807, 2.05) is 67.6 Å². The quantitative estimate of drug-likeness (QED) is 0.348. The van der Waals surface area contributed by atoms with Gasteiger partial charge >= 0.3 is 0 Å². The van der Waals surface area contributed by atoms with Crippen molar-refractivity contribution < 1.29 is 4.39 Å². The third-order valence-electron chi connectivity index (χ3n) is 6.26. The molecule has 5 aromatic rings. The maximum atomic E-state index is 14.3. The van der Waals surface area contributed by atoms with Crippen LogP contribution >= 0.6 is 0 Å². The van der Waals surface area contributed by atoms with Crippen LogP contribution < -0.4 is 16.6 Å². The molecule has 3 N–H and O–H groups in total. The third kappa shape index (κ3) is 4.50. The molecule has 0 saturated heterocycles. The summed E-state index contributed by atoms with van der Waals surface area (Å²) >= 11 is 0. The van der Waals surface area contributed by atoms with Gasteiger partial charge in [0.05, 0.1) is 11.1 Å². The highest BCUT2D eigenvalue weighted by Crippen LogP contribution is 2.34. The van der Waals surface area contributed by atoms with Gasteiger partial charge in [-0.3, -0.25) is 9.20 Å². The molecule has 0 radical (unpaired) electrons. The highest BCUT2D eigenvalue weighted by Gasteiger charge is 2.21. The lowest BCUT2D eigenvalue weighted by molar-refractivity contribution is 0.618. The van der Waals surface area contributed by atoms with Crippen LogP contribution in [0, 0.1) is 24.1 Å². The molecule has 0 fully saturated rings. The lowest BCUT2D eigenvalue weighted by Crippen LogP contribution is -2.21. The summed E-state index contributed by atoms with van der Waals surface area (Å²) in [6.07, 6.45) is 2.95. The van der Waals surface area contributed by atoms with Gasteiger partial charge in [-0.1, -0.05) is 60.2 Å². The van der Waals surface area contributed by atoms with E-state index in [2.05, 4.69) is 15.3 Å². The first-order valence-corrected chi connectivity index (χ1v) is 11.7. The Bertz CT molecular complexity index is 1710. The summed E-state index contributed by atoms with van der Waals surface area (Å²) < 4.78 is 15.7. The van der Waals surface area contributed by atoms with Gasteiger partial charge in [0, 0.05) is 18.3 Å². The first-order valence-electron chi connectivity index (χ1n) is 11.7. The highest BCUT2D eigenvalue weighted by molar-refractivity contribution is 5.88. The van der Waals surface area contributed by atoms with Crippen LogP contribution in [0.15, 0.2) is 84.0 Å². The van der Waals surface area contributed by atoms with Crippen molar-refractivity contribution in [2.75, 3.05) is 17.6 Å². The number of benzene rings is 2. The van der Waals surface area contributed by atoms with E-state index in [0.29, 0.717) is 29.9 Å². The Labute approximate surface area is 212 Å². The molecule has 0 atom stereocenters. The number of hydrogen-bond acceptors (Lipinski definition) is 6. The van der Waals surface area contributed by atoms with E-state index in [1.165, 1.54) is 23.0 Å². The normalized spacial score (nSPS) is 10.8. The number of anilines is 2. The summed E-state index contributed by atoms with van der Waals surface area (Å²) in [4.78, 5) is 21.8. The topological polar surface area (TPSA) is 109 Å². The summed E-state index contributed by atoms with van der Waals surface area (Å²) in [6, 6.07) is 22.4. The zero-order valence-corrected chi connectivity index (χ0v) is 20.1. The van der Waals surface area contributed by atoms with Crippen LogP contribution in [0.25, 0.3) is 27.8 Å². The van der Waals surface area contributed by atoms with Crippen molar-refractivity contribution in [3.8, 4) is 28.3 Å². The van der Waals surface area contributed by atoms with Gasteiger partial charge < -0.3 is 11.1 Å². The van der Waals surface area contributed by atoms with Crippen molar-refractivity contribution in [3.05, 3.63) is 112 Å². The molecule has 0 amide bonds. The number of halogens is 1. The summed E-state index contributed by atoms with van der Waals surface area (Å²) in [5.74, 6) is -0.0766. The molecule has 5 rings (SSSR count). The number of nitrogens with one attached hydrogen (secondary N) is 1. The lowest BCUT2D eigenvalue weighted by atomic mass is 9.90. The molecule has 0 bridgehead atoms. The first kappa shape index (κ1) is 23.7. The summed E-state index contributed by atoms with van der Waals surface area (Å²) in [5, 5.41) is 12.7. The molecule has 8 heteroatoms. The Kier molecular flexibility index (Phi) is 6.35. The molecule has 0 unspecified atom stereocenters. The molecule has 182 valence electrons. The molecule has 0 saturated carbocycles. The number of pyridine rings is 2. The molecular weight excluding hydrogens is 467 g/mol. The molecule has 7 nitrogen and oxygen atoms in total. The van der Waals surface area contributed by atoms with E-state index >= 15 is 0 Å². The predicted octanol–water partition coefficient (Wildman–Crippen LogP) is 4.98. The van der Waals surface area contributed by atoms with Gasteiger partial charge in [0.15, 0.2) is 0 Å². The molecule has 0 aliphatic carbocycles. The Hall–Kier alpha value is -5.03. The van der Waals surface area contributed by atoms with E-state index < -0.39 is 5.82 Å². The van der Waals surface area contributed by atoms with Crippen molar-refractivity contribution in [2.24, 2.45) is 0 Å². The number of nitriles is 1. The van der Waals surface area contributed by atoms with Crippen LogP contribution in [0.4, 0.5) is 16.0 Å². The molecule has 0 aliphatic rings. The van der Waals surface area contributed by atoms with Gasteiger partial charge in [-0.05, 0) is 42.2 Å². The van der Waals surface area contributed by atoms with Crippen molar-refractivity contribution in [1.29, 1.82) is 5.26 Å². The number of nitrogens with two attached hydrogens (primary N) is 1. The summed E-state index contributed by atoms with van der Waals surface area (Å²) in [5.41, 5.74) is 11.2. The Morgan fingerprint density at radius 1 is 1.00 bits per heavy atom. The Morgan fingerprint density at radius 2 is 1.73 bits per heavy atom. The van der Waals surface area contributed by atoms with Crippen LogP contribution in [0.1, 0.15) is 16.7 Å². The minimum atomic E-state index is -0.497. The maximum Gasteiger partial charge on any atom is 0.263 e. The number of aryl methyl sites for hydroxylation is 1. The molecule has 0 aliphatic heterocycles. The fraction of sp³-hybridized carbons (Fsp3) is 0.103. The van der Waals surface area contributed by atoms with Crippen LogP contribution in [0.2, 0.25) is 0 Å². The predicted molar refractivity (Wildman–Crippen MR) is 143 cm³/mol. The second-order valence-corrected chi connectivity index (χ2v) is 8.64. The number of hydrogen-bond donors (Lipinski definition) is 2. The lowest BCUT2D eigenvalue weighted by Gasteiger charge is -2.19.